The van der Waals surface area contributed by atoms with Crippen molar-refractivity contribution in [2.24, 2.45) is 0 Å². The van der Waals surface area contributed by atoms with E-state index in [9.17, 15) is 10.2 Å². The van der Waals surface area contributed by atoms with Crippen LogP contribution in [0.4, 0.5) is 0 Å². The number of rotatable bonds is 4. The van der Waals surface area contributed by atoms with Gasteiger partial charge in [0.1, 0.15) is 17.6 Å². The average Bonchev–Trinajstić information content (AvgIpc) is 3.05. The third kappa shape index (κ3) is 3.44. The van der Waals surface area contributed by atoms with Gasteiger partial charge in [-0.1, -0.05) is 37.3 Å². The second-order valence-electron chi connectivity index (χ2n) is 7.77. The molecular formula is C22H27NO3. The predicted molar refractivity (Wildman–Crippen MR) is 102 cm³/mol. The van der Waals surface area contributed by atoms with Crippen LogP contribution >= 0.6 is 0 Å². The molecule has 4 heteroatoms. The number of likely N-dealkylation sites (tertiary alicyclic amines) is 1. The van der Waals surface area contributed by atoms with Gasteiger partial charge in [-0.15, -0.1) is 0 Å². The van der Waals surface area contributed by atoms with Gasteiger partial charge in [0.15, 0.2) is 0 Å². The van der Waals surface area contributed by atoms with Crippen LogP contribution in [0.15, 0.2) is 48.5 Å². The summed E-state index contributed by atoms with van der Waals surface area (Å²) in [6, 6.07) is 15.6. The van der Waals surface area contributed by atoms with Crippen LogP contribution in [0.2, 0.25) is 0 Å². The van der Waals surface area contributed by atoms with Crippen molar-refractivity contribution in [3.05, 3.63) is 59.7 Å². The van der Waals surface area contributed by atoms with Crippen LogP contribution < -0.4 is 4.74 Å². The largest absolute Gasteiger partial charge is 0.508 e. The quantitative estimate of drug-likeness (QED) is 0.885. The fourth-order valence-corrected chi connectivity index (χ4v) is 4.30. The molecule has 4 rings (SSSR count). The smallest absolute Gasteiger partial charge is 0.123 e. The molecular weight excluding hydrogens is 326 g/mol. The molecule has 2 N–H and O–H groups in total. The predicted octanol–water partition coefficient (Wildman–Crippen LogP) is 3.33. The molecule has 26 heavy (non-hydrogen) atoms. The van der Waals surface area contributed by atoms with Crippen molar-refractivity contribution in [2.45, 2.75) is 43.8 Å². The Kier molecular flexibility index (Phi) is 4.63. The van der Waals surface area contributed by atoms with Gasteiger partial charge < -0.3 is 14.9 Å². The summed E-state index contributed by atoms with van der Waals surface area (Å²) in [5.41, 5.74) is 1.66. The Bertz CT molecular complexity index is 753. The highest BCUT2D eigenvalue weighted by Gasteiger charge is 2.38. The van der Waals surface area contributed by atoms with E-state index in [0.29, 0.717) is 5.75 Å². The Labute approximate surface area is 155 Å². The van der Waals surface area contributed by atoms with Crippen molar-refractivity contribution in [1.29, 1.82) is 0 Å². The highest BCUT2D eigenvalue weighted by Crippen LogP contribution is 2.37. The lowest BCUT2D eigenvalue weighted by Gasteiger charge is -2.42. The summed E-state index contributed by atoms with van der Waals surface area (Å²) >= 11 is 0. The van der Waals surface area contributed by atoms with Gasteiger partial charge in [0.05, 0.1) is 5.60 Å². The van der Waals surface area contributed by atoms with Crippen molar-refractivity contribution in [3.63, 3.8) is 0 Å². The van der Waals surface area contributed by atoms with Gasteiger partial charge in [-0.25, -0.2) is 0 Å². The number of piperidine rings is 1. The lowest BCUT2D eigenvalue weighted by atomic mass is 9.77. The molecule has 2 aromatic carbocycles. The minimum Gasteiger partial charge on any atom is -0.508 e. The zero-order chi connectivity index (χ0) is 18.1. The number of benzene rings is 2. The molecule has 0 spiro atoms. The SMILES string of the molecule is CC(c1ccccc1)C1(O)CCN(C[C@H]2Cc3cc(O)ccc3O2)CC1. The Morgan fingerprint density at radius 3 is 2.62 bits per heavy atom. The highest BCUT2D eigenvalue weighted by atomic mass is 16.5. The number of aromatic hydroxyl groups is 1. The van der Waals surface area contributed by atoms with Gasteiger partial charge in [-0.2, -0.15) is 0 Å². The first kappa shape index (κ1) is 17.4. The molecule has 1 unspecified atom stereocenters. The van der Waals surface area contributed by atoms with Crippen molar-refractivity contribution in [3.8, 4) is 11.5 Å². The highest BCUT2D eigenvalue weighted by molar-refractivity contribution is 5.42. The number of ether oxygens (including phenoxy) is 1. The van der Waals surface area contributed by atoms with Crippen LogP contribution in [-0.4, -0.2) is 46.5 Å². The molecule has 0 saturated carbocycles. The lowest BCUT2D eigenvalue weighted by Crippen LogP contribution is -2.49. The summed E-state index contributed by atoms with van der Waals surface area (Å²) in [7, 11) is 0. The van der Waals surface area contributed by atoms with Crippen molar-refractivity contribution in [1.82, 2.24) is 4.90 Å². The maximum atomic E-state index is 11.2. The van der Waals surface area contributed by atoms with Gasteiger partial charge in [-0.05, 0) is 36.6 Å². The zero-order valence-corrected chi connectivity index (χ0v) is 15.3. The van der Waals surface area contributed by atoms with Crippen LogP contribution in [0, 0.1) is 0 Å². The van der Waals surface area contributed by atoms with Crippen LogP contribution in [0.3, 0.4) is 0 Å². The van der Waals surface area contributed by atoms with E-state index < -0.39 is 5.60 Å². The second-order valence-corrected chi connectivity index (χ2v) is 7.77. The van der Waals surface area contributed by atoms with E-state index in [-0.39, 0.29) is 12.0 Å². The van der Waals surface area contributed by atoms with E-state index in [1.807, 2.05) is 24.3 Å². The summed E-state index contributed by atoms with van der Waals surface area (Å²) in [6.45, 7) is 4.77. The number of hydrogen-bond acceptors (Lipinski definition) is 4. The lowest BCUT2D eigenvalue weighted by molar-refractivity contribution is -0.0435. The molecule has 0 radical (unpaired) electrons. The minimum absolute atomic E-state index is 0.129. The molecule has 1 fully saturated rings. The van der Waals surface area contributed by atoms with Crippen LogP contribution in [-0.2, 0) is 6.42 Å². The molecule has 138 valence electrons. The second kappa shape index (κ2) is 6.93. The van der Waals surface area contributed by atoms with Crippen LogP contribution in [0.25, 0.3) is 0 Å². The van der Waals surface area contributed by atoms with Crippen molar-refractivity contribution in [2.75, 3.05) is 19.6 Å². The first-order valence-corrected chi connectivity index (χ1v) is 9.52. The molecule has 1 saturated heterocycles. The summed E-state index contributed by atoms with van der Waals surface area (Å²) < 4.78 is 6.02. The third-order valence-electron chi connectivity index (χ3n) is 6.07. The summed E-state index contributed by atoms with van der Waals surface area (Å²) in [6.07, 6.45) is 2.53. The number of hydrogen-bond donors (Lipinski definition) is 2. The zero-order valence-electron chi connectivity index (χ0n) is 15.3. The van der Waals surface area contributed by atoms with E-state index >= 15 is 0 Å². The Morgan fingerprint density at radius 1 is 1.15 bits per heavy atom. The number of phenolic OH excluding ortho intramolecular Hbond substituents is 1. The number of nitrogens with zero attached hydrogens (tertiary/aromatic N) is 1. The molecule has 2 aliphatic heterocycles. The molecule has 2 heterocycles. The van der Waals surface area contributed by atoms with Crippen LogP contribution in [0.1, 0.15) is 36.8 Å². The van der Waals surface area contributed by atoms with E-state index in [1.165, 1.54) is 5.56 Å². The number of fused-ring (bicyclic) bond motifs is 1. The summed E-state index contributed by atoms with van der Waals surface area (Å²) in [5.74, 6) is 1.32. The molecule has 0 aromatic heterocycles. The summed E-state index contributed by atoms with van der Waals surface area (Å²) in [4.78, 5) is 2.39. The fraction of sp³-hybridized carbons (Fsp3) is 0.455. The van der Waals surface area contributed by atoms with E-state index in [0.717, 1.165) is 50.2 Å². The maximum absolute atomic E-state index is 11.2. The Balaban J connectivity index is 1.33. The Hall–Kier alpha value is -2.04. The molecule has 0 bridgehead atoms. The maximum Gasteiger partial charge on any atom is 0.123 e. The summed E-state index contributed by atoms with van der Waals surface area (Å²) in [5, 5.41) is 20.8. The van der Waals surface area contributed by atoms with Gasteiger partial charge >= 0.3 is 0 Å². The Morgan fingerprint density at radius 2 is 1.88 bits per heavy atom. The number of phenols is 1. The fourth-order valence-electron chi connectivity index (χ4n) is 4.30. The normalized spacial score (nSPS) is 23.2. The van der Waals surface area contributed by atoms with Gasteiger partial charge in [0.2, 0.25) is 0 Å². The first-order valence-electron chi connectivity index (χ1n) is 9.52. The molecule has 4 nitrogen and oxygen atoms in total. The first-order chi connectivity index (χ1) is 12.5. The standard InChI is InChI=1S/C22H27NO3/c1-16(17-5-3-2-4-6-17)22(25)9-11-23(12-10-22)15-20-14-18-13-19(24)7-8-21(18)26-20/h2-8,13,16,20,24-25H,9-12,14-15H2,1H3/t16?,20-/m1/s1. The van der Waals surface area contributed by atoms with E-state index in [4.69, 9.17) is 4.74 Å². The molecule has 2 atom stereocenters. The van der Waals surface area contributed by atoms with E-state index in [1.54, 1.807) is 12.1 Å². The topological polar surface area (TPSA) is 52.9 Å². The monoisotopic (exact) mass is 353 g/mol. The van der Waals surface area contributed by atoms with Crippen molar-refractivity contribution < 1.29 is 14.9 Å². The van der Waals surface area contributed by atoms with E-state index in [2.05, 4.69) is 24.0 Å². The van der Waals surface area contributed by atoms with Gasteiger partial charge in [0, 0.05) is 37.5 Å². The average molecular weight is 353 g/mol. The minimum atomic E-state index is -0.636. The molecule has 2 aliphatic rings. The van der Waals surface area contributed by atoms with Gasteiger partial charge in [-0.3, -0.25) is 4.90 Å². The molecule has 0 aliphatic carbocycles. The third-order valence-corrected chi connectivity index (χ3v) is 6.07. The number of aliphatic hydroxyl groups is 1. The molecule has 2 aromatic rings. The van der Waals surface area contributed by atoms with Gasteiger partial charge in [0.25, 0.3) is 0 Å². The van der Waals surface area contributed by atoms with Crippen molar-refractivity contribution >= 4 is 0 Å². The van der Waals surface area contributed by atoms with Crippen LogP contribution in [0.5, 0.6) is 11.5 Å². The molecule has 0 amide bonds.